The van der Waals surface area contributed by atoms with Crippen molar-refractivity contribution < 1.29 is 9.90 Å². The number of hydrogen-bond donors (Lipinski definition) is 1. The molecule has 20 heavy (non-hydrogen) atoms. The first-order valence-corrected chi connectivity index (χ1v) is 7.92. The van der Waals surface area contributed by atoms with Gasteiger partial charge in [0.2, 0.25) is 0 Å². The van der Waals surface area contributed by atoms with Crippen molar-refractivity contribution in [3.63, 3.8) is 0 Å². The van der Waals surface area contributed by atoms with E-state index in [1.807, 2.05) is 19.9 Å². The number of aromatic nitrogens is 1. The van der Waals surface area contributed by atoms with Gasteiger partial charge in [0.1, 0.15) is 0 Å². The molecule has 1 fully saturated rings. The Hall–Kier alpha value is -0.800. The molecule has 0 aliphatic heterocycles. The van der Waals surface area contributed by atoms with Gasteiger partial charge in [-0.15, -0.1) is 11.6 Å². The van der Waals surface area contributed by atoms with Crippen LogP contribution in [-0.4, -0.2) is 26.9 Å². The lowest BCUT2D eigenvalue weighted by Gasteiger charge is -2.25. The fourth-order valence-electron chi connectivity index (χ4n) is 3.32. The Morgan fingerprint density at radius 2 is 2.00 bits per heavy atom. The highest BCUT2D eigenvalue weighted by molar-refractivity contribution is 6.33. The number of Topliss-reactive ketones (excluding diaryl/α,β-unsaturated/α-hetero) is 1. The molecule has 1 N–H and O–H groups in total. The summed E-state index contributed by atoms with van der Waals surface area (Å²) >= 11 is 5.93. The van der Waals surface area contributed by atoms with Crippen molar-refractivity contribution in [1.82, 2.24) is 4.57 Å². The van der Waals surface area contributed by atoms with Crippen molar-refractivity contribution in [2.75, 3.05) is 0 Å². The maximum atomic E-state index is 12.2. The van der Waals surface area contributed by atoms with Crippen molar-refractivity contribution in [3.8, 4) is 0 Å². The van der Waals surface area contributed by atoms with E-state index in [9.17, 15) is 9.90 Å². The standard InChI is InChI=1S/C16H24ClNO2/c1-10-9-13(16(20)11(2)17)12(3)18(10)14-7-5-4-6-8-15(14)19/h9,11,14-15,19H,4-8H2,1-3H3. The Labute approximate surface area is 125 Å². The fraction of sp³-hybridized carbons (Fsp3) is 0.688. The first-order valence-electron chi connectivity index (χ1n) is 7.48. The van der Waals surface area contributed by atoms with E-state index in [4.69, 9.17) is 11.6 Å². The van der Waals surface area contributed by atoms with Crippen molar-refractivity contribution in [3.05, 3.63) is 23.0 Å². The molecule has 2 rings (SSSR count). The maximum absolute atomic E-state index is 12.2. The molecule has 0 saturated heterocycles. The molecule has 1 saturated carbocycles. The van der Waals surface area contributed by atoms with Crippen LogP contribution in [0.5, 0.6) is 0 Å². The van der Waals surface area contributed by atoms with Crippen LogP contribution in [0.15, 0.2) is 6.07 Å². The minimum Gasteiger partial charge on any atom is -0.391 e. The number of aliphatic hydroxyl groups is 1. The third-order valence-electron chi connectivity index (χ3n) is 4.39. The van der Waals surface area contributed by atoms with Gasteiger partial charge in [-0.05, 0) is 39.7 Å². The Kier molecular flexibility index (Phi) is 4.92. The Balaban J connectivity index is 2.39. The van der Waals surface area contributed by atoms with Crippen molar-refractivity contribution in [2.24, 2.45) is 0 Å². The second kappa shape index (κ2) is 6.31. The molecule has 3 nitrogen and oxygen atoms in total. The number of carbonyl (C=O) groups is 1. The summed E-state index contributed by atoms with van der Waals surface area (Å²) in [5, 5.41) is 9.87. The van der Waals surface area contributed by atoms with Crippen LogP contribution in [0.4, 0.5) is 0 Å². The number of ketones is 1. The fourth-order valence-corrected chi connectivity index (χ4v) is 3.44. The summed E-state index contributed by atoms with van der Waals surface area (Å²) in [5.74, 6) is -0.0332. The van der Waals surface area contributed by atoms with Gasteiger partial charge in [-0.2, -0.15) is 0 Å². The van der Waals surface area contributed by atoms with Crippen LogP contribution < -0.4 is 0 Å². The van der Waals surface area contributed by atoms with Gasteiger partial charge >= 0.3 is 0 Å². The average Bonchev–Trinajstić information content (AvgIpc) is 2.56. The number of alkyl halides is 1. The topological polar surface area (TPSA) is 42.2 Å². The lowest BCUT2D eigenvalue weighted by Crippen LogP contribution is -2.25. The van der Waals surface area contributed by atoms with E-state index < -0.39 is 5.38 Å². The molecule has 0 bridgehead atoms. The molecule has 4 heteroatoms. The summed E-state index contributed by atoms with van der Waals surface area (Å²) in [6.07, 6.45) is 4.89. The third-order valence-corrected chi connectivity index (χ3v) is 4.58. The summed E-state index contributed by atoms with van der Waals surface area (Å²) < 4.78 is 2.14. The van der Waals surface area contributed by atoms with E-state index in [0.717, 1.165) is 37.1 Å². The molecule has 3 atom stereocenters. The van der Waals surface area contributed by atoms with Gasteiger partial charge in [0.15, 0.2) is 5.78 Å². The van der Waals surface area contributed by atoms with E-state index in [1.54, 1.807) is 6.92 Å². The van der Waals surface area contributed by atoms with Crippen LogP contribution in [0.25, 0.3) is 0 Å². The highest BCUT2D eigenvalue weighted by Crippen LogP contribution is 2.32. The van der Waals surface area contributed by atoms with Crippen LogP contribution in [0, 0.1) is 13.8 Å². The second-order valence-electron chi connectivity index (χ2n) is 5.91. The lowest BCUT2D eigenvalue weighted by molar-refractivity contribution is 0.0980. The molecule has 1 aromatic heterocycles. The number of aryl methyl sites for hydroxylation is 1. The van der Waals surface area contributed by atoms with Crippen LogP contribution in [0.2, 0.25) is 0 Å². The molecule has 1 aliphatic carbocycles. The summed E-state index contributed by atoms with van der Waals surface area (Å²) in [6, 6.07) is 2.00. The lowest BCUT2D eigenvalue weighted by atomic mass is 10.0. The van der Waals surface area contributed by atoms with Gasteiger partial charge in [-0.25, -0.2) is 0 Å². The van der Waals surface area contributed by atoms with E-state index in [0.29, 0.717) is 5.56 Å². The number of nitrogens with zero attached hydrogens (tertiary/aromatic N) is 1. The van der Waals surface area contributed by atoms with Gasteiger partial charge in [0.05, 0.1) is 17.5 Å². The molecule has 112 valence electrons. The molecule has 0 aromatic carbocycles. The highest BCUT2D eigenvalue weighted by atomic mass is 35.5. The van der Waals surface area contributed by atoms with Crippen LogP contribution in [0.3, 0.4) is 0 Å². The molecule has 1 aliphatic rings. The molecule has 0 radical (unpaired) electrons. The van der Waals surface area contributed by atoms with Gasteiger partial charge in [0, 0.05) is 17.0 Å². The number of carbonyl (C=O) groups excluding carboxylic acids is 1. The summed E-state index contributed by atoms with van der Waals surface area (Å²) in [7, 11) is 0. The van der Waals surface area contributed by atoms with Crippen LogP contribution in [0.1, 0.15) is 66.8 Å². The Morgan fingerprint density at radius 3 is 2.65 bits per heavy atom. The van der Waals surface area contributed by atoms with Gasteiger partial charge in [-0.3, -0.25) is 4.79 Å². The van der Waals surface area contributed by atoms with E-state index in [2.05, 4.69) is 4.57 Å². The van der Waals surface area contributed by atoms with E-state index >= 15 is 0 Å². The highest BCUT2D eigenvalue weighted by Gasteiger charge is 2.28. The zero-order valence-electron chi connectivity index (χ0n) is 12.5. The third kappa shape index (κ3) is 2.94. The SMILES string of the molecule is Cc1cc(C(=O)C(C)Cl)c(C)n1C1CCCCCC1O. The second-order valence-corrected chi connectivity index (χ2v) is 6.56. The van der Waals surface area contributed by atoms with Crippen molar-refractivity contribution in [1.29, 1.82) is 0 Å². The minimum atomic E-state index is -0.511. The van der Waals surface area contributed by atoms with Crippen LogP contribution in [-0.2, 0) is 0 Å². The average molecular weight is 298 g/mol. The first-order chi connectivity index (χ1) is 9.43. The molecule has 3 unspecified atom stereocenters. The largest absolute Gasteiger partial charge is 0.391 e. The summed E-state index contributed by atoms with van der Waals surface area (Å²) in [5.41, 5.74) is 2.67. The summed E-state index contributed by atoms with van der Waals surface area (Å²) in [4.78, 5) is 12.2. The number of hydrogen-bond acceptors (Lipinski definition) is 2. The van der Waals surface area contributed by atoms with Crippen molar-refractivity contribution >= 4 is 17.4 Å². The zero-order chi connectivity index (χ0) is 14.9. The normalized spacial score (nSPS) is 25.2. The molecule has 0 spiro atoms. The number of rotatable bonds is 3. The first kappa shape index (κ1) is 15.6. The maximum Gasteiger partial charge on any atom is 0.182 e. The zero-order valence-corrected chi connectivity index (χ0v) is 13.3. The molecular formula is C16H24ClNO2. The molecule has 1 heterocycles. The molecular weight excluding hydrogens is 274 g/mol. The molecule has 1 aromatic rings. The Bertz CT molecular complexity index is 493. The number of halogens is 1. The Morgan fingerprint density at radius 1 is 1.35 bits per heavy atom. The minimum absolute atomic E-state index is 0.0332. The van der Waals surface area contributed by atoms with Gasteiger partial charge < -0.3 is 9.67 Å². The van der Waals surface area contributed by atoms with Gasteiger partial charge in [0.25, 0.3) is 0 Å². The van der Waals surface area contributed by atoms with Crippen LogP contribution >= 0.6 is 11.6 Å². The smallest absolute Gasteiger partial charge is 0.182 e. The molecule has 0 amide bonds. The van der Waals surface area contributed by atoms with E-state index in [-0.39, 0.29) is 17.9 Å². The summed E-state index contributed by atoms with van der Waals surface area (Å²) in [6.45, 7) is 5.66. The van der Waals surface area contributed by atoms with E-state index in [1.165, 1.54) is 6.42 Å². The predicted molar refractivity (Wildman–Crippen MR) is 81.7 cm³/mol. The van der Waals surface area contributed by atoms with Crippen molar-refractivity contribution in [2.45, 2.75) is 70.4 Å². The quantitative estimate of drug-likeness (QED) is 0.524. The predicted octanol–water partition coefficient (Wildman–Crippen LogP) is 3.78. The monoisotopic (exact) mass is 297 g/mol. The number of aliphatic hydroxyl groups excluding tert-OH is 1. The van der Waals surface area contributed by atoms with Gasteiger partial charge in [-0.1, -0.05) is 19.3 Å².